The molecule has 0 aliphatic carbocycles. The van der Waals surface area contributed by atoms with Gasteiger partial charge < -0.3 is 9.47 Å². The van der Waals surface area contributed by atoms with Crippen molar-refractivity contribution in [3.8, 4) is 11.5 Å². The van der Waals surface area contributed by atoms with Crippen molar-refractivity contribution in [3.05, 3.63) is 89.3 Å². The number of rotatable bonds is 6. The maximum absolute atomic E-state index is 13.1. The van der Waals surface area contributed by atoms with E-state index < -0.39 is 0 Å². The number of hydrogen-bond acceptors (Lipinski definition) is 5. The minimum absolute atomic E-state index is 0.257. The lowest BCUT2D eigenvalue weighted by Crippen LogP contribution is -2.27. The maximum Gasteiger partial charge on any atom is 0.270 e. The quantitative estimate of drug-likeness (QED) is 0.151. The number of ether oxygens (including phenoxy) is 2. The third-order valence-corrected chi connectivity index (χ3v) is 7.83. The van der Waals surface area contributed by atoms with E-state index in [1.165, 1.54) is 16.7 Å². The van der Waals surface area contributed by atoms with Crippen LogP contribution in [0.3, 0.4) is 0 Å². The summed E-state index contributed by atoms with van der Waals surface area (Å²) in [4.78, 5) is 15.0. The SMILES string of the molecule is COc1cc(/C=C2\SC(=S)N(c3ccc(Cl)cc3Cl)C2=O)cc(I)c1OCc1ccccc1Cl. The van der Waals surface area contributed by atoms with Gasteiger partial charge in [0.1, 0.15) is 6.61 Å². The highest BCUT2D eigenvalue weighted by atomic mass is 127. The van der Waals surface area contributed by atoms with Gasteiger partial charge in [0.2, 0.25) is 0 Å². The molecule has 0 atom stereocenters. The third kappa shape index (κ3) is 5.50. The molecule has 3 aromatic carbocycles. The molecule has 4 rings (SSSR count). The number of methoxy groups -OCH3 is 1. The van der Waals surface area contributed by atoms with Gasteiger partial charge in [0.15, 0.2) is 15.8 Å². The molecule has 1 fully saturated rings. The Bertz CT molecular complexity index is 1330. The Morgan fingerprint density at radius 3 is 2.56 bits per heavy atom. The third-order valence-electron chi connectivity index (χ3n) is 4.82. The van der Waals surface area contributed by atoms with Crippen molar-refractivity contribution in [1.29, 1.82) is 0 Å². The minimum Gasteiger partial charge on any atom is -0.493 e. The maximum atomic E-state index is 13.1. The monoisotopic (exact) mass is 661 g/mol. The largest absolute Gasteiger partial charge is 0.493 e. The molecule has 0 bridgehead atoms. The molecule has 1 amide bonds. The van der Waals surface area contributed by atoms with Gasteiger partial charge in [-0.15, -0.1) is 0 Å². The van der Waals surface area contributed by atoms with Gasteiger partial charge in [0, 0.05) is 15.6 Å². The van der Waals surface area contributed by atoms with Crippen molar-refractivity contribution in [3.63, 3.8) is 0 Å². The van der Waals surface area contributed by atoms with Gasteiger partial charge in [0.25, 0.3) is 5.91 Å². The Kier molecular flexibility index (Phi) is 8.32. The number of benzene rings is 3. The first-order chi connectivity index (χ1) is 16.3. The molecule has 1 aliphatic heterocycles. The normalized spacial score (nSPS) is 14.7. The zero-order valence-corrected chi connectivity index (χ0v) is 23.5. The van der Waals surface area contributed by atoms with Crippen molar-refractivity contribution in [1.82, 2.24) is 0 Å². The van der Waals surface area contributed by atoms with Crippen LogP contribution in [0.1, 0.15) is 11.1 Å². The van der Waals surface area contributed by atoms with Crippen LogP contribution in [0.5, 0.6) is 11.5 Å². The van der Waals surface area contributed by atoms with E-state index in [2.05, 4.69) is 22.6 Å². The van der Waals surface area contributed by atoms with Gasteiger partial charge in [-0.3, -0.25) is 9.69 Å². The second-order valence-electron chi connectivity index (χ2n) is 7.03. The summed E-state index contributed by atoms with van der Waals surface area (Å²) >= 11 is 27.4. The van der Waals surface area contributed by atoms with Crippen LogP contribution in [-0.4, -0.2) is 17.3 Å². The average Bonchev–Trinajstić information content (AvgIpc) is 3.06. The molecule has 0 spiro atoms. The zero-order chi connectivity index (χ0) is 24.4. The molecule has 0 saturated carbocycles. The van der Waals surface area contributed by atoms with Gasteiger partial charge in [-0.25, -0.2) is 0 Å². The molecular weight excluding hydrogens is 648 g/mol. The van der Waals surface area contributed by atoms with E-state index in [9.17, 15) is 4.79 Å². The Balaban J connectivity index is 1.60. The first-order valence-corrected chi connectivity index (χ1v) is 13.2. The van der Waals surface area contributed by atoms with Crippen LogP contribution in [-0.2, 0) is 11.4 Å². The lowest BCUT2D eigenvalue weighted by Gasteiger charge is -2.16. The number of thiocarbonyl (C=S) groups is 1. The van der Waals surface area contributed by atoms with Gasteiger partial charge in [-0.05, 0) is 70.6 Å². The number of hydrogen-bond donors (Lipinski definition) is 0. The van der Waals surface area contributed by atoms with Gasteiger partial charge in [-0.1, -0.05) is 77.0 Å². The van der Waals surface area contributed by atoms with Gasteiger partial charge >= 0.3 is 0 Å². The molecule has 34 heavy (non-hydrogen) atoms. The molecule has 0 unspecified atom stereocenters. The first-order valence-electron chi connectivity index (χ1n) is 9.75. The van der Waals surface area contributed by atoms with Gasteiger partial charge in [0.05, 0.1) is 26.3 Å². The number of halogens is 4. The van der Waals surface area contributed by atoms with Crippen molar-refractivity contribution in [2.75, 3.05) is 12.0 Å². The highest BCUT2D eigenvalue weighted by molar-refractivity contribution is 14.1. The zero-order valence-electron chi connectivity index (χ0n) is 17.5. The van der Waals surface area contributed by atoms with Crippen LogP contribution >= 0.6 is 81.4 Å². The van der Waals surface area contributed by atoms with E-state index in [1.807, 2.05) is 36.4 Å². The minimum atomic E-state index is -0.257. The number of nitrogens with zero attached hydrogens (tertiary/aromatic N) is 1. The molecule has 4 nitrogen and oxygen atoms in total. The molecule has 0 radical (unpaired) electrons. The number of amides is 1. The molecular formula is C24H15Cl3INO3S2. The summed E-state index contributed by atoms with van der Waals surface area (Å²) < 4.78 is 12.8. The average molecular weight is 663 g/mol. The summed E-state index contributed by atoms with van der Waals surface area (Å²) in [5.41, 5.74) is 2.14. The summed E-state index contributed by atoms with van der Waals surface area (Å²) in [7, 11) is 1.57. The van der Waals surface area contributed by atoms with Crippen molar-refractivity contribution < 1.29 is 14.3 Å². The molecule has 1 saturated heterocycles. The van der Waals surface area contributed by atoms with Crippen molar-refractivity contribution >= 4 is 103 Å². The van der Waals surface area contributed by atoms with Crippen LogP contribution in [0.15, 0.2) is 59.5 Å². The molecule has 1 aliphatic rings. The van der Waals surface area contributed by atoms with E-state index in [-0.39, 0.29) is 5.91 Å². The van der Waals surface area contributed by atoms with Crippen molar-refractivity contribution in [2.45, 2.75) is 6.61 Å². The number of carbonyl (C=O) groups is 1. The van der Waals surface area contributed by atoms with E-state index in [0.29, 0.717) is 48.1 Å². The summed E-state index contributed by atoms with van der Waals surface area (Å²) in [6, 6.07) is 16.1. The fourth-order valence-corrected chi connectivity index (χ4v) is 5.97. The van der Waals surface area contributed by atoms with Crippen LogP contribution in [0.2, 0.25) is 15.1 Å². The molecule has 1 heterocycles. The Morgan fingerprint density at radius 2 is 1.85 bits per heavy atom. The Labute approximate surface area is 235 Å². The highest BCUT2D eigenvalue weighted by Gasteiger charge is 2.34. The van der Waals surface area contributed by atoms with Crippen LogP contribution < -0.4 is 14.4 Å². The summed E-state index contributed by atoms with van der Waals surface area (Å²) in [6.45, 7) is 0.298. The summed E-state index contributed by atoms with van der Waals surface area (Å²) in [5.74, 6) is 0.884. The lowest BCUT2D eigenvalue weighted by atomic mass is 10.1. The van der Waals surface area contributed by atoms with E-state index in [4.69, 9.17) is 56.5 Å². The fourth-order valence-electron chi connectivity index (χ4n) is 3.22. The number of carbonyl (C=O) groups excluding carboxylic acids is 1. The second-order valence-corrected chi connectivity index (χ2v) is 11.1. The van der Waals surface area contributed by atoms with Crippen LogP contribution in [0.25, 0.3) is 6.08 Å². The predicted octanol–water partition coefficient (Wildman–Crippen LogP) is 8.24. The smallest absolute Gasteiger partial charge is 0.270 e. The molecule has 3 aromatic rings. The van der Waals surface area contributed by atoms with Gasteiger partial charge in [-0.2, -0.15) is 0 Å². The van der Waals surface area contributed by atoms with Crippen LogP contribution in [0.4, 0.5) is 5.69 Å². The highest BCUT2D eigenvalue weighted by Crippen LogP contribution is 2.41. The van der Waals surface area contributed by atoms with Crippen molar-refractivity contribution in [2.24, 2.45) is 0 Å². The Hall–Kier alpha value is -1.49. The number of anilines is 1. The van der Waals surface area contributed by atoms with Crippen LogP contribution in [0, 0.1) is 3.57 Å². The second kappa shape index (κ2) is 11.1. The standard InChI is InChI=1S/C24H15Cl3INO3S2/c1-31-20-9-13(8-18(28)22(20)32-12-14-4-2-3-5-16(14)26)10-21-23(30)29(24(33)34-21)19-7-6-15(25)11-17(19)27/h2-11H,12H2,1H3/b21-10-. The molecule has 10 heteroatoms. The summed E-state index contributed by atoms with van der Waals surface area (Å²) in [5, 5.41) is 1.46. The lowest BCUT2D eigenvalue weighted by molar-refractivity contribution is -0.113. The predicted molar refractivity (Wildman–Crippen MR) is 154 cm³/mol. The van der Waals surface area contributed by atoms with E-state index in [0.717, 1.165) is 14.7 Å². The topological polar surface area (TPSA) is 38.8 Å². The molecule has 0 N–H and O–H groups in total. The number of thioether (sulfide) groups is 1. The first kappa shape index (κ1) is 25.6. The molecule has 174 valence electrons. The van der Waals surface area contributed by atoms with E-state index in [1.54, 1.807) is 31.4 Å². The fraction of sp³-hybridized carbons (Fsp3) is 0.0833. The molecule has 0 aromatic heterocycles. The van der Waals surface area contributed by atoms with E-state index >= 15 is 0 Å². The summed E-state index contributed by atoms with van der Waals surface area (Å²) in [6.07, 6.45) is 1.77. The Morgan fingerprint density at radius 1 is 1.09 bits per heavy atom.